The van der Waals surface area contributed by atoms with Gasteiger partial charge >= 0.3 is 6.18 Å². The Bertz CT molecular complexity index is 1090. The number of hydrogen-bond acceptors (Lipinski definition) is 4. The zero-order valence-electron chi connectivity index (χ0n) is 16.3. The molecule has 9 heteroatoms. The molecule has 6 nitrogen and oxygen atoms in total. The van der Waals surface area contributed by atoms with Crippen molar-refractivity contribution in [2.75, 3.05) is 0 Å². The summed E-state index contributed by atoms with van der Waals surface area (Å²) in [5, 5.41) is 6.79. The van der Waals surface area contributed by atoms with Gasteiger partial charge in [-0.2, -0.15) is 18.3 Å². The fourth-order valence-electron chi connectivity index (χ4n) is 5.17. The third-order valence-electron chi connectivity index (χ3n) is 6.57. The Balaban J connectivity index is 1.50. The summed E-state index contributed by atoms with van der Waals surface area (Å²) in [6, 6.07) is 3.90. The molecular weight excluding hydrogens is 397 g/mol. The van der Waals surface area contributed by atoms with Crippen LogP contribution in [0.5, 0.6) is 0 Å². The molecule has 0 unspecified atom stereocenters. The average molecular weight is 418 g/mol. The van der Waals surface area contributed by atoms with E-state index in [0.29, 0.717) is 16.4 Å². The molecule has 0 aromatic carbocycles. The molecule has 0 aliphatic heterocycles. The van der Waals surface area contributed by atoms with Crippen molar-refractivity contribution in [2.45, 2.75) is 44.8 Å². The molecule has 2 bridgehead atoms. The molecule has 0 radical (unpaired) electrons. The lowest BCUT2D eigenvalue weighted by molar-refractivity contribution is -0.142. The highest BCUT2D eigenvalue weighted by Crippen LogP contribution is 2.49. The number of carbonyl (C=O) groups is 1. The van der Waals surface area contributed by atoms with Gasteiger partial charge in [-0.15, -0.1) is 0 Å². The Morgan fingerprint density at radius 1 is 1.33 bits per heavy atom. The lowest BCUT2D eigenvalue weighted by atomic mass is 9.84. The predicted octanol–water partition coefficient (Wildman–Crippen LogP) is 4.56. The second-order valence-corrected chi connectivity index (χ2v) is 8.40. The summed E-state index contributed by atoms with van der Waals surface area (Å²) in [7, 11) is 0. The van der Waals surface area contributed by atoms with Crippen molar-refractivity contribution in [1.82, 2.24) is 19.9 Å². The Hall–Kier alpha value is -2.84. The second-order valence-electron chi connectivity index (χ2n) is 8.40. The van der Waals surface area contributed by atoms with Crippen LogP contribution in [0.15, 0.2) is 35.1 Å². The van der Waals surface area contributed by atoms with Crippen LogP contribution in [0.25, 0.3) is 17.1 Å². The van der Waals surface area contributed by atoms with E-state index in [1.54, 1.807) is 6.07 Å². The maximum Gasteiger partial charge on any atom is 0.433 e. The number of furan rings is 1. The molecule has 2 fully saturated rings. The number of nitrogens with zero attached hydrogens (tertiary/aromatic N) is 3. The summed E-state index contributed by atoms with van der Waals surface area (Å²) in [5.41, 5.74) is -1.15. The maximum atomic E-state index is 13.6. The summed E-state index contributed by atoms with van der Waals surface area (Å²) >= 11 is 0. The van der Waals surface area contributed by atoms with E-state index in [9.17, 15) is 18.0 Å². The van der Waals surface area contributed by atoms with Gasteiger partial charge in [0, 0.05) is 6.04 Å². The van der Waals surface area contributed by atoms with Gasteiger partial charge in [0.05, 0.1) is 12.5 Å². The van der Waals surface area contributed by atoms with Gasteiger partial charge in [0.2, 0.25) is 0 Å². The molecule has 1 N–H and O–H groups in total. The lowest BCUT2D eigenvalue weighted by Crippen LogP contribution is -2.40. The van der Waals surface area contributed by atoms with Crippen molar-refractivity contribution < 1.29 is 22.4 Å². The van der Waals surface area contributed by atoms with Crippen LogP contribution in [0, 0.1) is 17.8 Å². The first-order chi connectivity index (χ1) is 14.3. The first-order valence-corrected chi connectivity index (χ1v) is 10.1. The zero-order chi connectivity index (χ0) is 21.0. The number of nitrogens with one attached hydrogen (secondary N) is 1. The van der Waals surface area contributed by atoms with Gasteiger partial charge in [-0.25, -0.2) is 9.50 Å². The minimum atomic E-state index is -4.67. The van der Waals surface area contributed by atoms with Crippen molar-refractivity contribution in [1.29, 1.82) is 0 Å². The minimum absolute atomic E-state index is 0.00414. The predicted molar refractivity (Wildman–Crippen MR) is 102 cm³/mol. The quantitative estimate of drug-likeness (QED) is 0.674. The van der Waals surface area contributed by atoms with Gasteiger partial charge < -0.3 is 9.73 Å². The number of rotatable bonds is 4. The minimum Gasteiger partial charge on any atom is -0.463 e. The highest BCUT2D eigenvalue weighted by atomic mass is 19.4. The van der Waals surface area contributed by atoms with E-state index in [4.69, 9.17) is 4.42 Å². The van der Waals surface area contributed by atoms with E-state index >= 15 is 0 Å². The van der Waals surface area contributed by atoms with Crippen LogP contribution in [0.2, 0.25) is 0 Å². The molecule has 3 aromatic heterocycles. The standard InChI is InChI=1S/C21H21F3N4O2/c1-11(14-8-12-4-5-13(14)7-12)26-20(29)15-10-25-28-18(21(22,23)24)9-16(27-19(15)28)17-3-2-6-30-17/h2-3,6,9-14H,4-5,7-8H2,1H3,(H,26,29)/t11-,12+,13+,14-/m0/s1. The topological polar surface area (TPSA) is 72.4 Å². The molecule has 1 amide bonds. The van der Waals surface area contributed by atoms with Gasteiger partial charge in [-0.3, -0.25) is 4.79 Å². The van der Waals surface area contributed by atoms with Crippen LogP contribution >= 0.6 is 0 Å². The molecule has 0 saturated heterocycles. The number of alkyl halides is 3. The van der Waals surface area contributed by atoms with Crippen molar-refractivity contribution >= 4 is 11.6 Å². The Morgan fingerprint density at radius 2 is 2.17 bits per heavy atom. The van der Waals surface area contributed by atoms with E-state index in [1.165, 1.54) is 31.6 Å². The van der Waals surface area contributed by atoms with E-state index in [-0.39, 0.29) is 28.7 Å². The van der Waals surface area contributed by atoms with Crippen LogP contribution in [-0.2, 0) is 6.18 Å². The first kappa shape index (κ1) is 19.1. The number of halogens is 3. The molecule has 2 aliphatic carbocycles. The van der Waals surface area contributed by atoms with Crippen molar-refractivity contribution in [3.63, 3.8) is 0 Å². The molecular formula is C21H21F3N4O2. The average Bonchev–Trinajstić information content (AvgIpc) is 3.50. The molecule has 158 valence electrons. The molecule has 30 heavy (non-hydrogen) atoms. The summed E-state index contributed by atoms with van der Waals surface area (Å²) < 4.78 is 46.8. The Morgan fingerprint density at radius 3 is 2.80 bits per heavy atom. The normalized spacial score (nSPS) is 24.5. The van der Waals surface area contributed by atoms with E-state index in [1.807, 2.05) is 6.92 Å². The molecule has 0 spiro atoms. The van der Waals surface area contributed by atoms with Gasteiger partial charge in [0.1, 0.15) is 11.3 Å². The largest absolute Gasteiger partial charge is 0.463 e. The highest BCUT2D eigenvalue weighted by Gasteiger charge is 2.42. The van der Waals surface area contributed by atoms with Gasteiger partial charge in [-0.05, 0) is 62.1 Å². The lowest BCUT2D eigenvalue weighted by Gasteiger charge is -2.28. The molecule has 4 atom stereocenters. The zero-order valence-corrected chi connectivity index (χ0v) is 16.3. The van der Waals surface area contributed by atoms with Crippen molar-refractivity contribution in [3.05, 3.63) is 41.9 Å². The number of aromatic nitrogens is 3. The number of carbonyl (C=O) groups excluding carboxylic acids is 1. The summed E-state index contributed by atoms with van der Waals surface area (Å²) in [4.78, 5) is 17.2. The molecule has 2 aliphatic rings. The maximum absolute atomic E-state index is 13.6. The smallest absolute Gasteiger partial charge is 0.433 e. The molecule has 3 aromatic rings. The highest BCUT2D eigenvalue weighted by molar-refractivity contribution is 6.00. The molecule has 3 heterocycles. The van der Waals surface area contributed by atoms with Crippen LogP contribution in [0.4, 0.5) is 13.2 Å². The number of amides is 1. The third kappa shape index (κ3) is 3.16. The number of hydrogen-bond donors (Lipinski definition) is 1. The first-order valence-electron chi connectivity index (χ1n) is 10.1. The van der Waals surface area contributed by atoms with Crippen LogP contribution < -0.4 is 5.32 Å². The van der Waals surface area contributed by atoms with Crippen molar-refractivity contribution in [2.24, 2.45) is 17.8 Å². The van der Waals surface area contributed by atoms with Gasteiger partial charge in [0.15, 0.2) is 17.1 Å². The van der Waals surface area contributed by atoms with Gasteiger partial charge in [-0.1, -0.05) is 6.42 Å². The SMILES string of the molecule is C[C@H](NC(=O)c1cnn2c(C(F)(F)F)cc(-c3ccco3)nc12)[C@@H]1C[C@@H]2CC[C@@H]1C2. The van der Waals surface area contributed by atoms with Crippen molar-refractivity contribution in [3.8, 4) is 11.5 Å². The molecule has 5 rings (SSSR count). The van der Waals surface area contributed by atoms with Crippen LogP contribution in [-0.4, -0.2) is 26.5 Å². The summed E-state index contributed by atoms with van der Waals surface area (Å²) in [5.74, 6) is 1.49. The van der Waals surface area contributed by atoms with E-state index in [0.717, 1.165) is 24.6 Å². The fraction of sp³-hybridized carbons (Fsp3) is 0.476. The Labute approximate surface area is 170 Å². The molecule has 2 saturated carbocycles. The van der Waals surface area contributed by atoms with E-state index < -0.39 is 17.8 Å². The Kier molecular flexibility index (Phi) is 4.37. The van der Waals surface area contributed by atoms with Crippen LogP contribution in [0.3, 0.4) is 0 Å². The monoisotopic (exact) mass is 418 g/mol. The van der Waals surface area contributed by atoms with Crippen LogP contribution in [0.1, 0.15) is 48.7 Å². The van der Waals surface area contributed by atoms with E-state index in [2.05, 4.69) is 15.4 Å². The fourth-order valence-corrected chi connectivity index (χ4v) is 5.17. The third-order valence-corrected chi connectivity index (χ3v) is 6.57. The second kappa shape index (κ2) is 6.85. The van der Waals surface area contributed by atoms with Gasteiger partial charge in [0.25, 0.3) is 5.91 Å². The number of fused-ring (bicyclic) bond motifs is 3. The summed E-state index contributed by atoms with van der Waals surface area (Å²) in [6.07, 6.45) is 2.59. The summed E-state index contributed by atoms with van der Waals surface area (Å²) in [6.45, 7) is 1.97.